The van der Waals surface area contributed by atoms with E-state index in [1.165, 1.54) is 0 Å². The van der Waals surface area contributed by atoms with Crippen LogP contribution in [0.1, 0.15) is 67.7 Å². The molecule has 0 fully saturated rings. The molecule has 0 heterocycles. The summed E-state index contributed by atoms with van der Waals surface area (Å²) >= 11 is 0. The number of hydrogen-bond acceptors (Lipinski definition) is 6. The first-order valence-corrected chi connectivity index (χ1v) is 13.3. The van der Waals surface area contributed by atoms with Crippen molar-refractivity contribution in [3.63, 3.8) is 0 Å². The molecule has 0 bridgehead atoms. The molecule has 0 aliphatic rings. The van der Waals surface area contributed by atoms with Gasteiger partial charge in [-0.05, 0) is 40.0 Å². The Labute approximate surface area is 189 Å². The van der Waals surface area contributed by atoms with E-state index in [0.29, 0.717) is 26.4 Å². The molecular weight excluding hydrogens is 418 g/mol. The number of nitrogens with one attached hydrogen (secondary N) is 2. The van der Waals surface area contributed by atoms with Crippen molar-refractivity contribution >= 4 is 26.5 Å². The highest BCUT2D eigenvalue weighted by molar-refractivity contribution is 6.60. The molecule has 0 aromatic rings. The fraction of sp³-hybridized carbons (Fsp3) is 0.857. The Morgan fingerprint density at radius 3 is 1.58 bits per heavy atom. The van der Waals surface area contributed by atoms with Crippen LogP contribution in [0.2, 0.25) is 6.04 Å². The van der Waals surface area contributed by atoms with E-state index in [0.717, 1.165) is 25.3 Å². The molecule has 3 amide bonds. The van der Waals surface area contributed by atoms with Crippen LogP contribution >= 0.6 is 0 Å². The van der Waals surface area contributed by atoms with Gasteiger partial charge in [-0.15, -0.1) is 0 Å². The molecule has 0 rings (SSSR count). The molecule has 2 unspecified atom stereocenters. The maximum absolute atomic E-state index is 11.7. The van der Waals surface area contributed by atoms with Gasteiger partial charge in [0.15, 0.2) is 0 Å². The quantitative estimate of drug-likeness (QED) is 0.238. The van der Waals surface area contributed by atoms with E-state index in [-0.39, 0.29) is 30.2 Å². The minimum atomic E-state index is -2.55. The second-order valence-corrected chi connectivity index (χ2v) is 9.91. The molecule has 0 aromatic carbocycles. The molecule has 4 N–H and O–H groups in total. The minimum absolute atomic E-state index is 0.0469. The van der Waals surface area contributed by atoms with E-state index in [9.17, 15) is 14.4 Å². The summed E-state index contributed by atoms with van der Waals surface area (Å²) in [6.07, 6.45) is 2.44. The predicted molar refractivity (Wildman–Crippen MR) is 124 cm³/mol. The lowest BCUT2D eigenvalue weighted by Crippen LogP contribution is -2.46. The molecule has 2 atom stereocenters. The number of amides is 3. The summed E-state index contributed by atoms with van der Waals surface area (Å²) < 4.78 is 17.3. The van der Waals surface area contributed by atoms with Gasteiger partial charge in [0, 0.05) is 44.2 Å². The lowest BCUT2D eigenvalue weighted by Gasteiger charge is -2.28. The molecule has 184 valence electrons. The molecule has 9 nitrogen and oxygen atoms in total. The van der Waals surface area contributed by atoms with Gasteiger partial charge in [0.25, 0.3) is 0 Å². The molecule has 0 spiro atoms. The van der Waals surface area contributed by atoms with Crippen molar-refractivity contribution in [2.45, 2.75) is 73.8 Å². The molecule has 0 aliphatic heterocycles. The van der Waals surface area contributed by atoms with Crippen LogP contribution in [-0.2, 0) is 27.7 Å². The number of carbonyl (C=O) groups is 3. The van der Waals surface area contributed by atoms with Crippen molar-refractivity contribution in [2.24, 2.45) is 17.6 Å². The molecule has 31 heavy (non-hydrogen) atoms. The number of hydrogen-bond donors (Lipinski definition) is 3. The van der Waals surface area contributed by atoms with E-state index in [2.05, 4.69) is 10.6 Å². The van der Waals surface area contributed by atoms with Gasteiger partial charge in [-0.25, -0.2) is 0 Å². The third-order valence-corrected chi connectivity index (χ3v) is 7.76. The monoisotopic (exact) mass is 463 g/mol. The van der Waals surface area contributed by atoms with E-state index in [4.69, 9.17) is 19.0 Å². The highest BCUT2D eigenvalue weighted by atomic mass is 28.4. The average molecular weight is 464 g/mol. The Morgan fingerprint density at radius 1 is 0.806 bits per heavy atom. The highest BCUT2D eigenvalue weighted by Crippen LogP contribution is 2.17. The van der Waals surface area contributed by atoms with Crippen LogP contribution in [0.25, 0.3) is 0 Å². The summed E-state index contributed by atoms with van der Waals surface area (Å²) in [7, 11) is -2.55. The molecule has 0 aliphatic carbocycles. The van der Waals surface area contributed by atoms with E-state index >= 15 is 0 Å². The third-order valence-electron chi connectivity index (χ3n) is 4.61. The van der Waals surface area contributed by atoms with Gasteiger partial charge >= 0.3 is 8.80 Å². The van der Waals surface area contributed by atoms with Crippen molar-refractivity contribution in [3.8, 4) is 0 Å². The Hall–Kier alpha value is -1.49. The van der Waals surface area contributed by atoms with Gasteiger partial charge in [0.1, 0.15) is 0 Å². The highest BCUT2D eigenvalue weighted by Gasteiger charge is 2.39. The normalized spacial score (nSPS) is 12.9. The van der Waals surface area contributed by atoms with Gasteiger partial charge in [0.2, 0.25) is 17.7 Å². The standard InChI is InChI=1S/C14H31NO4Si.C7H14N2O2/c1-6-13(5)14(16)15-11-10-12-20(17-7-2,18-8-3)19-9-4;1-3-5(2)7(11)9-4-6(8)10/h13H,6-12H2,1-5H3,(H,15,16);5H,3-4H2,1-2H3,(H2,8,10)(H,9,11). The van der Waals surface area contributed by atoms with Crippen LogP contribution in [-0.4, -0.2) is 59.4 Å². The van der Waals surface area contributed by atoms with Crippen molar-refractivity contribution in [1.29, 1.82) is 0 Å². The SMILES string of the molecule is CCC(C)C(=O)NCC(N)=O.CCO[Si](CCCNC(=O)C(C)CC)(OCC)OCC. The van der Waals surface area contributed by atoms with Gasteiger partial charge in [0.05, 0.1) is 6.54 Å². The predicted octanol–water partition coefficient (Wildman–Crippen LogP) is 2.22. The summed E-state index contributed by atoms with van der Waals surface area (Å²) in [5.41, 5.74) is 4.83. The Kier molecular flexibility index (Phi) is 19.6. The lowest BCUT2D eigenvalue weighted by molar-refractivity contribution is -0.127. The first-order valence-electron chi connectivity index (χ1n) is 11.4. The summed E-state index contributed by atoms with van der Waals surface area (Å²) in [5.74, 6) is -0.492. The van der Waals surface area contributed by atoms with Crippen molar-refractivity contribution < 1.29 is 27.7 Å². The first kappa shape index (κ1) is 31.7. The van der Waals surface area contributed by atoms with E-state index in [1.807, 2.05) is 41.5 Å². The Morgan fingerprint density at radius 2 is 1.23 bits per heavy atom. The summed E-state index contributed by atoms with van der Waals surface area (Å²) in [4.78, 5) is 32.9. The average Bonchev–Trinajstić information content (AvgIpc) is 2.74. The number of rotatable bonds is 16. The smallest absolute Gasteiger partial charge is 0.374 e. The molecule has 10 heteroatoms. The zero-order chi connectivity index (χ0) is 24.3. The zero-order valence-electron chi connectivity index (χ0n) is 20.5. The Bertz CT molecular complexity index is 490. The Balaban J connectivity index is 0. The van der Waals surface area contributed by atoms with Crippen LogP contribution in [0.5, 0.6) is 0 Å². The fourth-order valence-corrected chi connectivity index (χ4v) is 5.02. The van der Waals surface area contributed by atoms with E-state index < -0.39 is 14.7 Å². The summed E-state index contributed by atoms with van der Waals surface area (Å²) in [6, 6.07) is 0.739. The molecule has 0 aromatic heterocycles. The van der Waals surface area contributed by atoms with Crippen molar-refractivity contribution in [3.05, 3.63) is 0 Å². The molecular formula is C21H45N3O6Si. The number of primary amides is 1. The first-order chi connectivity index (χ1) is 14.6. The largest absolute Gasteiger partial charge is 0.500 e. The number of nitrogens with two attached hydrogens (primary N) is 1. The van der Waals surface area contributed by atoms with Crippen LogP contribution in [0.15, 0.2) is 0 Å². The zero-order valence-corrected chi connectivity index (χ0v) is 21.5. The summed E-state index contributed by atoms with van der Waals surface area (Å²) in [5, 5.41) is 5.37. The minimum Gasteiger partial charge on any atom is -0.374 e. The molecule has 0 saturated heterocycles. The van der Waals surface area contributed by atoms with Gasteiger partial charge in [-0.1, -0.05) is 27.7 Å². The molecule has 0 saturated carbocycles. The summed E-state index contributed by atoms with van der Waals surface area (Å²) in [6.45, 7) is 15.9. The van der Waals surface area contributed by atoms with Gasteiger partial charge in [-0.3, -0.25) is 14.4 Å². The second-order valence-electron chi connectivity index (χ2n) is 7.18. The second kappa shape index (κ2) is 19.2. The lowest BCUT2D eigenvalue weighted by atomic mass is 10.1. The van der Waals surface area contributed by atoms with Crippen LogP contribution < -0.4 is 16.4 Å². The number of carbonyl (C=O) groups excluding carboxylic acids is 3. The van der Waals surface area contributed by atoms with Crippen molar-refractivity contribution in [1.82, 2.24) is 10.6 Å². The molecule has 0 radical (unpaired) electrons. The van der Waals surface area contributed by atoms with Crippen LogP contribution in [0.4, 0.5) is 0 Å². The van der Waals surface area contributed by atoms with Crippen LogP contribution in [0, 0.1) is 11.8 Å². The van der Waals surface area contributed by atoms with Gasteiger partial charge < -0.3 is 29.6 Å². The van der Waals surface area contributed by atoms with E-state index in [1.54, 1.807) is 6.92 Å². The topological polar surface area (TPSA) is 129 Å². The van der Waals surface area contributed by atoms with Crippen LogP contribution in [0.3, 0.4) is 0 Å². The van der Waals surface area contributed by atoms with Gasteiger partial charge in [-0.2, -0.15) is 0 Å². The van der Waals surface area contributed by atoms with Crippen molar-refractivity contribution in [2.75, 3.05) is 32.9 Å². The fourth-order valence-electron chi connectivity index (χ4n) is 2.41. The maximum Gasteiger partial charge on any atom is 0.500 e. The third kappa shape index (κ3) is 15.9. The maximum atomic E-state index is 11.7.